The maximum absolute atomic E-state index is 5.45. The topological polar surface area (TPSA) is 24.5 Å². The Kier molecular flexibility index (Phi) is 3.10. The molecule has 2 rings (SSSR count). The Morgan fingerprint density at radius 1 is 1.57 bits per heavy atom. The van der Waals surface area contributed by atoms with Gasteiger partial charge in [-0.05, 0) is 33.2 Å². The molecular formula is C11H22N2O. The molecule has 0 amide bonds. The molecule has 2 unspecified atom stereocenters. The second kappa shape index (κ2) is 4.17. The number of hydrogen-bond donors (Lipinski definition) is 1. The Labute approximate surface area is 86.8 Å². The molecule has 2 atom stereocenters. The second-order valence-electron chi connectivity index (χ2n) is 4.99. The quantitative estimate of drug-likeness (QED) is 0.712. The number of nitrogens with one attached hydrogen (secondary N) is 1. The van der Waals surface area contributed by atoms with Crippen LogP contribution in [0.3, 0.4) is 0 Å². The van der Waals surface area contributed by atoms with Gasteiger partial charge in [0.2, 0.25) is 0 Å². The van der Waals surface area contributed by atoms with Gasteiger partial charge in [-0.3, -0.25) is 4.90 Å². The molecule has 2 aliphatic heterocycles. The van der Waals surface area contributed by atoms with Crippen molar-refractivity contribution in [2.75, 3.05) is 32.8 Å². The highest BCUT2D eigenvalue weighted by atomic mass is 16.5. The van der Waals surface area contributed by atoms with E-state index in [-0.39, 0.29) is 0 Å². The summed E-state index contributed by atoms with van der Waals surface area (Å²) < 4.78 is 5.45. The van der Waals surface area contributed by atoms with Crippen LogP contribution in [0.2, 0.25) is 0 Å². The summed E-state index contributed by atoms with van der Waals surface area (Å²) in [5.74, 6) is 0. The molecule has 3 heteroatoms. The summed E-state index contributed by atoms with van der Waals surface area (Å²) in [6, 6.07) is 0.586. The molecule has 0 aromatic heterocycles. The fourth-order valence-electron chi connectivity index (χ4n) is 2.54. The molecule has 0 radical (unpaired) electrons. The highest BCUT2D eigenvalue weighted by molar-refractivity contribution is 4.92. The van der Waals surface area contributed by atoms with Crippen molar-refractivity contribution >= 4 is 0 Å². The van der Waals surface area contributed by atoms with Crippen LogP contribution in [0.5, 0.6) is 0 Å². The number of ether oxygens (including phenoxy) is 1. The molecule has 0 bridgehead atoms. The van der Waals surface area contributed by atoms with Gasteiger partial charge in [-0.15, -0.1) is 0 Å². The minimum atomic E-state index is 0.353. The molecular weight excluding hydrogens is 176 g/mol. The van der Waals surface area contributed by atoms with E-state index in [1.54, 1.807) is 0 Å². The largest absolute Gasteiger partial charge is 0.379 e. The van der Waals surface area contributed by atoms with Gasteiger partial charge in [-0.2, -0.15) is 0 Å². The van der Waals surface area contributed by atoms with Crippen LogP contribution >= 0.6 is 0 Å². The fourth-order valence-corrected chi connectivity index (χ4v) is 2.54. The molecule has 3 nitrogen and oxygen atoms in total. The lowest BCUT2D eigenvalue weighted by molar-refractivity contribution is -0.0104. The highest BCUT2D eigenvalue weighted by Crippen LogP contribution is 2.21. The maximum Gasteiger partial charge on any atom is 0.0619 e. The first-order valence-electron chi connectivity index (χ1n) is 5.76. The standard InChI is InChI=1S/C11H22N2O/c1-10-8-14-7-6-13(10)9-11(2)4-3-5-12-11/h10,12H,3-9H2,1-2H3. The summed E-state index contributed by atoms with van der Waals surface area (Å²) in [6.45, 7) is 9.88. The minimum Gasteiger partial charge on any atom is -0.379 e. The van der Waals surface area contributed by atoms with Gasteiger partial charge in [0.25, 0.3) is 0 Å². The molecule has 0 aromatic carbocycles. The van der Waals surface area contributed by atoms with Crippen molar-refractivity contribution in [3.8, 4) is 0 Å². The van der Waals surface area contributed by atoms with Crippen molar-refractivity contribution in [3.05, 3.63) is 0 Å². The lowest BCUT2D eigenvalue weighted by atomic mass is 9.98. The average molecular weight is 198 g/mol. The number of rotatable bonds is 2. The van der Waals surface area contributed by atoms with E-state index in [0.29, 0.717) is 11.6 Å². The van der Waals surface area contributed by atoms with Crippen molar-refractivity contribution in [2.45, 2.75) is 38.3 Å². The van der Waals surface area contributed by atoms with Crippen LogP contribution in [0, 0.1) is 0 Å². The molecule has 1 N–H and O–H groups in total. The summed E-state index contributed by atoms with van der Waals surface area (Å²) in [4.78, 5) is 2.56. The van der Waals surface area contributed by atoms with Gasteiger partial charge in [0, 0.05) is 24.7 Å². The van der Waals surface area contributed by atoms with E-state index in [2.05, 4.69) is 24.1 Å². The van der Waals surface area contributed by atoms with E-state index in [9.17, 15) is 0 Å². The molecule has 0 saturated carbocycles. The Balaban J connectivity index is 1.88. The lowest BCUT2D eigenvalue weighted by Crippen LogP contribution is -2.53. The Morgan fingerprint density at radius 2 is 2.43 bits per heavy atom. The normalized spacial score (nSPS) is 40.3. The summed E-state index contributed by atoms with van der Waals surface area (Å²) in [5, 5.41) is 3.62. The van der Waals surface area contributed by atoms with Gasteiger partial charge >= 0.3 is 0 Å². The van der Waals surface area contributed by atoms with Gasteiger partial charge in [-0.1, -0.05) is 0 Å². The Morgan fingerprint density at radius 3 is 3.07 bits per heavy atom. The summed E-state index contributed by atoms with van der Waals surface area (Å²) in [5.41, 5.74) is 0.353. The molecule has 2 saturated heterocycles. The van der Waals surface area contributed by atoms with E-state index in [4.69, 9.17) is 4.74 Å². The molecule has 2 aliphatic rings. The van der Waals surface area contributed by atoms with E-state index in [0.717, 1.165) is 19.8 Å². The smallest absolute Gasteiger partial charge is 0.0619 e. The van der Waals surface area contributed by atoms with Crippen LogP contribution in [0.15, 0.2) is 0 Å². The van der Waals surface area contributed by atoms with Crippen LogP contribution in [0.25, 0.3) is 0 Å². The highest BCUT2D eigenvalue weighted by Gasteiger charge is 2.32. The summed E-state index contributed by atoms with van der Waals surface area (Å²) >= 11 is 0. The van der Waals surface area contributed by atoms with Crippen molar-refractivity contribution in [1.82, 2.24) is 10.2 Å². The predicted molar refractivity (Wildman–Crippen MR) is 57.5 cm³/mol. The van der Waals surface area contributed by atoms with Gasteiger partial charge in [0.05, 0.1) is 13.2 Å². The van der Waals surface area contributed by atoms with Gasteiger partial charge in [0.15, 0.2) is 0 Å². The van der Waals surface area contributed by atoms with Crippen molar-refractivity contribution in [1.29, 1.82) is 0 Å². The number of morpholine rings is 1. The monoisotopic (exact) mass is 198 g/mol. The van der Waals surface area contributed by atoms with Gasteiger partial charge < -0.3 is 10.1 Å². The number of hydrogen-bond acceptors (Lipinski definition) is 3. The molecule has 14 heavy (non-hydrogen) atoms. The third kappa shape index (κ3) is 2.27. The predicted octanol–water partition coefficient (Wildman–Crippen LogP) is 0.849. The minimum absolute atomic E-state index is 0.353. The molecule has 0 aliphatic carbocycles. The Bertz CT molecular complexity index is 190. The van der Waals surface area contributed by atoms with Crippen LogP contribution < -0.4 is 5.32 Å². The zero-order valence-electron chi connectivity index (χ0n) is 9.38. The van der Waals surface area contributed by atoms with E-state index >= 15 is 0 Å². The van der Waals surface area contributed by atoms with E-state index in [1.165, 1.54) is 25.9 Å². The first kappa shape index (κ1) is 10.4. The zero-order chi connectivity index (χ0) is 10.0. The van der Waals surface area contributed by atoms with Crippen molar-refractivity contribution in [2.24, 2.45) is 0 Å². The molecule has 2 heterocycles. The van der Waals surface area contributed by atoms with Crippen molar-refractivity contribution in [3.63, 3.8) is 0 Å². The Hall–Kier alpha value is -0.120. The van der Waals surface area contributed by atoms with Gasteiger partial charge in [0.1, 0.15) is 0 Å². The third-order valence-corrected chi connectivity index (χ3v) is 3.51. The molecule has 2 fully saturated rings. The van der Waals surface area contributed by atoms with Gasteiger partial charge in [-0.25, -0.2) is 0 Å². The van der Waals surface area contributed by atoms with E-state index in [1.807, 2.05) is 0 Å². The van der Waals surface area contributed by atoms with Crippen LogP contribution in [-0.2, 0) is 4.74 Å². The number of nitrogens with zero attached hydrogens (tertiary/aromatic N) is 1. The molecule has 0 spiro atoms. The van der Waals surface area contributed by atoms with E-state index < -0.39 is 0 Å². The maximum atomic E-state index is 5.45. The van der Waals surface area contributed by atoms with Crippen LogP contribution in [-0.4, -0.2) is 49.3 Å². The fraction of sp³-hybridized carbons (Fsp3) is 1.00. The summed E-state index contributed by atoms with van der Waals surface area (Å²) in [7, 11) is 0. The average Bonchev–Trinajstić information content (AvgIpc) is 2.57. The molecule has 0 aromatic rings. The first-order valence-corrected chi connectivity index (χ1v) is 5.76. The zero-order valence-corrected chi connectivity index (χ0v) is 9.38. The lowest BCUT2D eigenvalue weighted by Gasteiger charge is -2.39. The second-order valence-corrected chi connectivity index (χ2v) is 4.99. The third-order valence-electron chi connectivity index (χ3n) is 3.51. The summed E-state index contributed by atoms with van der Waals surface area (Å²) in [6.07, 6.45) is 2.65. The van der Waals surface area contributed by atoms with Crippen LogP contribution in [0.4, 0.5) is 0 Å². The van der Waals surface area contributed by atoms with Crippen LogP contribution in [0.1, 0.15) is 26.7 Å². The molecule has 82 valence electrons. The van der Waals surface area contributed by atoms with Crippen molar-refractivity contribution < 1.29 is 4.74 Å². The first-order chi connectivity index (χ1) is 6.70. The SMILES string of the molecule is CC1COCCN1CC1(C)CCCN1.